The third-order valence-electron chi connectivity index (χ3n) is 3.93. The van der Waals surface area contributed by atoms with Crippen LogP contribution in [-0.2, 0) is 0 Å². The van der Waals surface area contributed by atoms with E-state index >= 15 is 0 Å². The maximum Gasteiger partial charge on any atom is 0.119 e. The summed E-state index contributed by atoms with van der Waals surface area (Å²) in [6, 6.07) is 10.7. The van der Waals surface area contributed by atoms with Crippen molar-refractivity contribution in [3.05, 3.63) is 30.3 Å². The second kappa shape index (κ2) is 10.7. The maximum absolute atomic E-state index is 5.83. The largest absolute Gasteiger partial charge is 0.494 e. The van der Waals surface area contributed by atoms with E-state index in [2.05, 4.69) is 26.1 Å². The van der Waals surface area contributed by atoms with Gasteiger partial charge in [0.1, 0.15) is 5.75 Å². The molecule has 0 radical (unpaired) electrons. The Balaban J connectivity index is 2.35. The lowest BCUT2D eigenvalue weighted by Gasteiger charge is -2.23. The lowest BCUT2D eigenvalue weighted by molar-refractivity contribution is 0.263. The summed E-state index contributed by atoms with van der Waals surface area (Å²) >= 11 is 0. The van der Waals surface area contributed by atoms with Crippen LogP contribution >= 0.6 is 0 Å². The van der Waals surface area contributed by atoms with Gasteiger partial charge >= 0.3 is 0 Å². The van der Waals surface area contributed by atoms with Gasteiger partial charge in [-0.2, -0.15) is 0 Å². The molecule has 1 aromatic rings. The summed E-state index contributed by atoms with van der Waals surface area (Å²) in [5, 5.41) is 3.67. The first-order chi connectivity index (χ1) is 9.80. The molecule has 0 saturated carbocycles. The zero-order chi connectivity index (χ0) is 14.6. The third-order valence-corrected chi connectivity index (χ3v) is 3.93. The van der Waals surface area contributed by atoms with Crippen molar-refractivity contribution >= 4 is 0 Å². The molecule has 1 atom stereocenters. The van der Waals surface area contributed by atoms with Crippen LogP contribution in [0.2, 0.25) is 0 Å². The number of hydrogen-bond donors (Lipinski definition) is 1. The first-order valence-corrected chi connectivity index (χ1v) is 8.21. The Bertz CT molecular complexity index is 321. The summed E-state index contributed by atoms with van der Waals surface area (Å²) in [6.45, 7) is 8.72. The summed E-state index contributed by atoms with van der Waals surface area (Å²) in [5.41, 5.74) is 0. The van der Waals surface area contributed by atoms with Gasteiger partial charge in [-0.15, -0.1) is 0 Å². The Kier molecular flexibility index (Phi) is 9.14. The van der Waals surface area contributed by atoms with E-state index in [-0.39, 0.29) is 0 Å². The van der Waals surface area contributed by atoms with Gasteiger partial charge in [-0.25, -0.2) is 0 Å². The average Bonchev–Trinajstić information content (AvgIpc) is 2.50. The Hall–Kier alpha value is -1.02. The van der Waals surface area contributed by atoms with Crippen molar-refractivity contribution in [1.29, 1.82) is 0 Å². The van der Waals surface area contributed by atoms with Crippen LogP contribution < -0.4 is 10.1 Å². The van der Waals surface area contributed by atoms with Crippen molar-refractivity contribution in [2.24, 2.45) is 5.92 Å². The SMILES string of the molecule is CCCNC(CCOc1ccccc1)CC(CC)CC. The normalized spacial score (nSPS) is 12.6. The minimum atomic E-state index is 0.587. The number of hydrogen-bond acceptors (Lipinski definition) is 2. The lowest BCUT2D eigenvalue weighted by Crippen LogP contribution is -2.33. The van der Waals surface area contributed by atoms with Gasteiger partial charge in [0.2, 0.25) is 0 Å². The van der Waals surface area contributed by atoms with Crippen LogP contribution in [0.15, 0.2) is 30.3 Å². The fraction of sp³-hybridized carbons (Fsp3) is 0.667. The van der Waals surface area contributed by atoms with Gasteiger partial charge in [-0.3, -0.25) is 0 Å². The molecule has 0 aliphatic heterocycles. The van der Waals surface area contributed by atoms with Crippen molar-refractivity contribution in [1.82, 2.24) is 5.32 Å². The highest BCUT2D eigenvalue weighted by atomic mass is 16.5. The summed E-state index contributed by atoms with van der Waals surface area (Å²) in [7, 11) is 0. The van der Waals surface area contributed by atoms with Crippen LogP contribution in [0.5, 0.6) is 5.75 Å². The van der Waals surface area contributed by atoms with Gasteiger partial charge in [-0.1, -0.05) is 51.8 Å². The number of benzene rings is 1. The van der Waals surface area contributed by atoms with Gasteiger partial charge in [-0.05, 0) is 43.9 Å². The Morgan fingerprint density at radius 3 is 2.35 bits per heavy atom. The molecule has 0 aromatic heterocycles. The minimum absolute atomic E-state index is 0.587. The molecule has 0 aliphatic rings. The second-order valence-electron chi connectivity index (χ2n) is 5.52. The van der Waals surface area contributed by atoms with E-state index in [0.717, 1.165) is 31.2 Å². The van der Waals surface area contributed by atoms with E-state index < -0.39 is 0 Å². The van der Waals surface area contributed by atoms with E-state index in [0.29, 0.717) is 6.04 Å². The van der Waals surface area contributed by atoms with Crippen LogP contribution in [0.25, 0.3) is 0 Å². The smallest absolute Gasteiger partial charge is 0.119 e. The van der Waals surface area contributed by atoms with Gasteiger partial charge in [0.05, 0.1) is 6.61 Å². The van der Waals surface area contributed by atoms with Crippen molar-refractivity contribution in [3.8, 4) is 5.75 Å². The highest BCUT2D eigenvalue weighted by Crippen LogP contribution is 2.17. The maximum atomic E-state index is 5.83. The topological polar surface area (TPSA) is 21.3 Å². The number of ether oxygens (including phenoxy) is 1. The molecule has 114 valence electrons. The van der Waals surface area contributed by atoms with Crippen LogP contribution in [0.1, 0.15) is 52.9 Å². The molecule has 1 aromatic carbocycles. The van der Waals surface area contributed by atoms with Gasteiger partial charge in [0, 0.05) is 6.04 Å². The molecular weight excluding hydrogens is 246 g/mol. The van der Waals surface area contributed by atoms with Gasteiger partial charge in [0.25, 0.3) is 0 Å². The van der Waals surface area contributed by atoms with E-state index in [1.165, 1.54) is 25.7 Å². The summed E-state index contributed by atoms with van der Waals surface area (Å²) in [5.74, 6) is 1.81. The highest BCUT2D eigenvalue weighted by Gasteiger charge is 2.13. The lowest BCUT2D eigenvalue weighted by atomic mass is 9.93. The summed E-state index contributed by atoms with van der Waals surface area (Å²) in [6.07, 6.45) is 6.11. The monoisotopic (exact) mass is 277 g/mol. The molecule has 0 saturated heterocycles. The predicted octanol–water partition coefficient (Wildman–Crippen LogP) is 4.65. The molecule has 2 nitrogen and oxygen atoms in total. The molecule has 1 N–H and O–H groups in total. The summed E-state index contributed by atoms with van der Waals surface area (Å²) < 4.78 is 5.83. The number of rotatable bonds is 11. The van der Waals surface area contributed by atoms with Gasteiger partial charge in [0.15, 0.2) is 0 Å². The quantitative estimate of drug-likeness (QED) is 0.635. The van der Waals surface area contributed by atoms with Crippen molar-refractivity contribution in [2.75, 3.05) is 13.2 Å². The molecule has 0 spiro atoms. The predicted molar refractivity (Wildman–Crippen MR) is 87.3 cm³/mol. The Morgan fingerprint density at radius 1 is 1.05 bits per heavy atom. The molecule has 0 aliphatic carbocycles. The van der Waals surface area contributed by atoms with Gasteiger partial charge < -0.3 is 10.1 Å². The second-order valence-corrected chi connectivity index (χ2v) is 5.52. The zero-order valence-corrected chi connectivity index (χ0v) is 13.4. The molecule has 2 heteroatoms. The standard InChI is InChI=1S/C18H31NO/c1-4-13-19-17(15-16(5-2)6-3)12-14-20-18-10-8-7-9-11-18/h7-11,16-17,19H,4-6,12-15H2,1-3H3. The van der Waals surface area contributed by atoms with E-state index in [1.807, 2.05) is 30.3 Å². The van der Waals surface area contributed by atoms with Crippen LogP contribution in [0.3, 0.4) is 0 Å². The Labute approximate surface area is 124 Å². The van der Waals surface area contributed by atoms with Crippen LogP contribution in [0.4, 0.5) is 0 Å². The van der Waals surface area contributed by atoms with E-state index in [9.17, 15) is 0 Å². The molecular formula is C18H31NO. The molecule has 0 bridgehead atoms. The van der Waals surface area contributed by atoms with Crippen molar-refractivity contribution in [2.45, 2.75) is 58.9 Å². The fourth-order valence-electron chi connectivity index (χ4n) is 2.51. The molecule has 1 unspecified atom stereocenters. The van der Waals surface area contributed by atoms with Crippen molar-refractivity contribution < 1.29 is 4.74 Å². The van der Waals surface area contributed by atoms with E-state index in [1.54, 1.807) is 0 Å². The molecule has 0 amide bonds. The Morgan fingerprint density at radius 2 is 1.75 bits per heavy atom. The van der Waals surface area contributed by atoms with Crippen LogP contribution in [0, 0.1) is 5.92 Å². The first kappa shape index (κ1) is 17.0. The number of nitrogens with one attached hydrogen (secondary N) is 1. The van der Waals surface area contributed by atoms with E-state index in [4.69, 9.17) is 4.74 Å². The minimum Gasteiger partial charge on any atom is -0.494 e. The number of para-hydroxylation sites is 1. The first-order valence-electron chi connectivity index (χ1n) is 8.21. The molecule has 20 heavy (non-hydrogen) atoms. The van der Waals surface area contributed by atoms with Crippen molar-refractivity contribution in [3.63, 3.8) is 0 Å². The fourth-order valence-corrected chi connectivity index (χ4v) is 2.51. The third kappa shape index (κ3) is 6.95. The highest BCUT2D eigenvalue weighted by molar-refractivity contribution is 5.20. The zero-order valence-electron chi connectivity index (χ0n) is 13.4. The molecule has 0 fully saturated rings. The molecule has 0 heterocycles. The summed E-state index contributed by atoms with van der Waals surface area (Å²) in [4.78, 5) is 0. The molecule has 1 rings (SSSR count). The van der Waals surface area contributed by atoms with Crippen LogP contribution in [-0.4, -0.2) is 19.2 Å². The average molecular weight is 277 g/mol.